The first-order valence-corrected chi connectivity index (χ1v) is 10.8. The fourth-order valence-electron chi connectivity index (χ4n) is 6.52. The molecule has 1 aromatic carbocycles. The van der Waals surface area contributed by atoms with E-state index in [9.17, 15) is 9.59 Å². The number of carbonyl (C=O) groups excluding carboxylic acids is 2. The first-order valence-electron chi connectivity index (χ1n) is 10.4. The normalized spacial score (nSPS) is 32.6. The molecule has 1 aromatic rings. The van der Waals surface area contributed by atoms with E-state index in [4.69, 9.17) is 17.3 Å². The van der Waals surface area contributed by atoms with Gasteiger partial charge in [-0.1, -0.05) is 29.8 Å². The molecule has 3 amide bonds. The van der Waals surface area contributed by atoms with Crippen LogP contribution in [0.2, 0.25) is 5.02 Å². The molecule has 0 aliphatic heterocycles. The molecule has 0 aromatic heterocycles. The second-order valence-corrected chi connectivity index (χ2v) is 9.76. The number of amides is 3. The summed E-state index contributed by atoms with van der Waals surface area (Å²) in [5.74, 6) is 2.47. The Labute approximate surface area is 171 Å². The zero-order valence-electron chi connectivity index (χ0n) is 16.4. The number of nitrogens with one attached hydrogen (secondary N) is 2. The summed E-state index contributed by atoms with van der Waals surface area (Å²) in [6.07, 6.45) is 8.02. The molecule has 6 heteroatoms. The van der Waals surface area contributed by atoms with E-state index in [1.165, 1.54) is 38.5 Å². The number of primary amides is 1. The lowest BCUT2D eigenvalue weighted by atomic mass is 9.48. The number of hydrogen-bond donors (Lipinski definition) is 3. The Balaban J connectivity index is 1.43. The topological polar surface area (TPSA) is 84.2 Å². The predicted molar refractivity (Wildman–Crippen MR) is 110 cm³/mol. The molecule has 4 fully saturated rings. The first kappa shape index (κ1) is 19.6. The number of halogens is 1. The van der Waals surface area contributed by atoms with Crippen molar-refractivity contribution in [3.8, 4) is 0 Å². The van der Waals surface area contributed by atoms with Crippen molar-refractivity contribution in [2.75, 3.05) is 0 Å². The van der Waals surface area contributed by atoms with Gasteiger partial charge in [0.05, 0.1) is 12.5 Å². The molecule has 4 N–H and O–H groups in total. The maximum Gasteiger partial charge on any atom is 0.312 e. The van der Waals surface area contributed by atoms with E-state index in [2.05, 4.69) is 17.6 Å². The number of nitrogens with two attached hydrogens (primary N) is 1. The third kappa shape index (κ3) is 3.86. The highest BCUT2D eigenvalue weighted by Crippen LogP contribution is 2.61. The van der Waals surface area contributed by atoms with Crippen molar-refractivity contribution in [2.45, 2.75) is 64.0 Å². The van der Waals surface area contributed by atoms with Crippen LogP contribution in [0.5, 0.6) is 0 Å². The molecule has 0 saturated heterocycles. The molecule has 0 heterocycles. The second-order valence-electron chi connectivity index (χ2n) is 9.36. The minimum Gasteiger partial charge on any atom is -0.353 e. The molecule has 0 unspecified atom stereocenters. The molecule has 152 valence electrons. The van der Waals surface area contributed by atoms with Crippen molar-refractivity contribution >= 4 is 23.5 Å². The van der Waals surface area contributed by atoms with Crippen LogP contribution < -0.4 is 16.4 Å². The summed E-state index contributed by atoms with van der Waals surface area (Å²) in [5.41, 5.74) is 6.30. The van der Waals surface area contributed by atoms with E-state index < -0.39 is 12.1 Å². The van der Waals surface area contributed by atoms with Crippen LogP contribution in [0.25, 0.3) is 0 Å². The van der Waals surface area contributed by atoms with E-state index >= 15 is 0 Å². The van der Waals surface area contributed by atoms with Gasteiger partial charge in [0.1, 0.15) is 0 Å². The molecule has 5 nitrogen and oxygen atoms in total. The molecular weight excluding hydrogens is 374 g/mol. The maximum absolute atomic E-state index is 12.9. The van der Waals surface area contributed by atoms with E-state index in [1.54, 1.807) is 6.07 Å². The van der Waals surface area contributed by atoms with Crippen molar-refractivity contribution in [3.63, 3.8) is 0 Å². The number of rotatable bonds is 6. The molecule has 0 radical (unpaired) electrons. The van der Waals surface area contributed by atoms with Crippen molar-refractivity contribution in [2.24, 2.45) is 28.9 Å². The van der Waals surface area contributed by atoms with Crippen LogP contribution >= 0.6 is 11.6 Å². The zero-order valence-corrected chi connectivity index (χ0v) is 17.2. The standard InChI is InChI=1S/C22H30ClN3O2/c1-13(22-10-14-6-15(11-22)8-16(7-14)12-22)25-20(27)9-19(26-21(24)28)17-4-2-3-5-18(17)23/h2-5,13-16,19H,6-12H2,1H3,(H,25,27)(H3,24,26,28)/t13-,14?,15?,16?,19-,22?/m0/s1. The van der Waals surface area contributed by atoms with Crippen molar-refractivity contribution in [1.29, 1.82) is 0 Å². The lowest BCUT2D eigenvalue weighted by Gasteiger charge is -2.59. The SMILES string of the molecule is C[C@H](NC(=O)C[C@H](NC(N)=O)c1ccccc1Cl)C12CC3CC(CC(C3)C1)C2. The Bertz CT molecular complexity index is 731. The third-order valence-electron chi connectivity index (χ3n) is 7.37. The van der Waals surface area contributed by atoms with Gasteiger partial charge in [-0.15, -0.1) is 0 Å². The van der Waals surface area contributed by atoms with Crippen LogP contribution in [0.1, 0.15) is 63.5 Å². The zero-order chi connectivity index (χ0) is 19.9. The average Bonchev–Trinajstić information content (AvgIpc) is 2.60. The number of carbonyl (C=O) groups is 2. The summed E-state index contributed by atoms with van der Waals surface area (Å²) in [6.45, 7) is 2.16. The summed E-state index contributed by atoms with van der Waals surface area (Å²) in [6, 6.07) is 6.19. The molecule has 28 heavy (non-hydrogen) atoms. The number of benzene rings is 1. The Morgan fingerprint density at radius 2 is 1.68 bits per heavy atom. The Morgan fingerprint density at radius 3 is 2.21 bits per heavy atom. The molecule has 5 rings (SSSR count). The predicted octanol–water partition coefficient (Wildman–Crippen LogP) is 4.16. The summed E-state index contributed by atoms with van der Waals surface area (Å²) in [5, 5.41) is 6.44. The highest BCUT2D eigenvalue weighted by atomic mass is 35.5. The smallest absolute Gasteiger partial charge is 0.312 e. The average molecular weight is 404 g/mol. The van der Waals surface area contributed by atoms with Crippen LogP contribution in [0.15, 0.2) is 24.3 Å². The monoisotopic (exact) mass is 403 g/mol. The van der Waals surface area contributed by atoms with Crippen LogP contribution in [0, 0.1) is 23.2 Å². The highest BCUT2D eigenvalue weighted by Gasteiger charge is 2.53. The van der Waals surface area contributed by atoms with Crippen molar-refractivity contribution in [1.82, 2.24) is 10.6 Å². The van der Waals surface area contributed by atoms with Crippen molar-refractivity contribution in [3.05, 3.63) is 34.9 Å². The minimum absolute atomic E-state index is 0.0677. The van der Waals surface area contributed by atoms with Crippen LogP contribution in [-0.4, -0.2) is 18.0 Å². The third-order valence-corrected chi connectivity index (χ3v) is 7.71. The molecule has 4 aliphatic carbocycles. The van der Waals surface area contributed by atoms with Gasteiger partial charge in [0.25, 0.3) is 0 Å². The van der Waals surface area contributed by atoms with Gasteiger partial charge in [0.15, 0.2) is 0 Å². The summed E-state index contributed by atoms with van der Waals surface area (Å²) < 4.78 is 0. The Hall–Kier alpha value is -1.75. The van der Waals surface area contributed by atoms with E-state index in [0.717, 1.165) is 17.8 Å². The molecule has 2 atom stereocenters. The van der Waals surface area contributed by atoms with E-state index in [1.807, 2.05) is 18.2 Å². The van der Waals surface area contributed by atoms with Gasteiger partial charge in [-0.25, -0.2) is 4.79 Å². The van der Waals surface area contributed by atoms with E-state index in [-0.39, 0.29) is 23.8 Å². The minimum atomic E-state index is -0.660. The largest absolute Gasteiger partial charge is 0.353 e. The van der Waals surface area contributed by atoms with Gasteiger partial charge < -0.3 is 16.4 Å². The Morgan fingerprint density at radius 1 is 1.11 bits per heavy atom. The van der Waals surface area contributed by atoms with Crippen molar-refractivity contribution < 1.29 is 9.59 Å². The summed E-state index contributed by atoms with van der Waals surface area (Å²) in [4.78, 5) is 24.3. The van der Waals surface area contributed by atoms with Crippen LogP contribution in [0.3, 0.4) is 0 Å². The summed E-state index contributed by atoms with van der Waals surface area (Å²) >= 11 is 6.28. The number of urea groups is 1. The molecule has 4 aliphatic rings. The van der Waals surface area contributed by atoms with Gasteiger partial charge in [0.2, 0.25) is 5.91 Å². The van der Waals surface area contributed by atoms with Crippen LogP contribution in [0.4, 0.5) is 4.79 Å². The fourth-order valence-corrected chi connectivity index (χ4v) is 6.78. The Kier molecular flexibility index (Phi) is 5.30. The second kappa shape index (κ2) is 7.58. The number of hydrogen-bond acceptors (Lipinski definition) is 2. The van der Waals surface area contributed by atoms with Gasteiger partial charge in [-0.3, -0.25) is 4.79 Å². The maximum atomic E-state index is 12.9. The molecule has 0 spiro atoms. The first-order chi connectivity index (χ1) is 13.3. The van der Waals surface area contributed by atoms with E-state index in [0.29, 0.717) is 10.6 Å². The lowest BCUT2D eigenvalue weighted by Crippen LogP contribution is -2.56. The molecule has 4 saturated carbocycles. The quantitative estimate of drug-likeness (QED) is 0.666. The highest BCUT2D eigenvalue weighted by molar-refractivity contribution is 6.31. The summed E-state index contributed by atoms with van der Waals surface area (Å²) in [7, 11) is 0. The molecular formula is C22H30ClN3O2. The van der Waals surface area contributed by atoms with Gasteiger partial charge in [0, 0.05) is 11.1 Å². The van der Waals surface area contributed by atoms with Gasteiger partial charge in [-0.2, -0.15) is 0 Å². The van der Waals surface area contributed by atoms with Gasteiger partial charge in [-0.05, 0) is 80.2 Å². The van der Waals surface area contributed by atoms with Gasteiger partial charge >= 0.3 is 6.03 Å². The molecule has 4 bridgehead atoms. The van der Waals surface area contributed by atoms with Crippen LogP contribution in [-0.2, 0) is 4.79 Å². The fraction of sp³-hybridized carbons (Fsp3) is 0.636. The lowest BCUT2D eigenvalue weighted by molar-refractivity contribution is -0.126.